The smallest absolute Gasteiger partial charge is 0.191 e. The Morgan fingerprint density at radius 2 is 2.05 bits per heavy atom. The number of hydrogen-bond acceptors (Lipinski definition) is 5. The Balaban J connectivity index is 2.14. The van der Waals surface area contributed by atoms with E-state index in [4.69, 9.17) is 5.73 Å². The van der Waals surface area contributed by atoms with Crippen molar-refractivity contribution in [1.29, 1.82) is 0 Å². The molecule has 20 heavy (non-hydrogen) atoms. The van der Waals surface area contributed by atoms with Crippen LogP contribution in [0, 0.1) is 5.41 Å². The molecule has 2 unspecified atom stereocenters. The number of nitrogens with zero attached hydrogens (tertiary/aromatic N) is 3. The zero-order valence-electron chi connectivity index (χ0n) is 12.7. The summed E-state index contributed by atoms with van der Waals surface area (Å²) in [5.74, 6) is 1.08. The highest BCUT2D eigenvalue weighted by Crippen LogP contribution is 2.31. The van der Waals surface area contributed by atoms with Crippen LogP contribution in [0.15, 0.2) is 5.16 Å². The van der Waals surface area contributed by atoms with E-state index in [1.54, 1.807) is 11.8 Å². The second-order valence-electron chi connectivity index (χ2n) is 6.59. The number of aryl methyl sites for hydroxylation is 1. The zero-order chi connectivity index (χ0) is 14.8. The molecular formula is C14H26N4OS. The van der Waals surface area contributed by atoms with Crippen LogP contribution in [0.25, 0.3) is 0 Å². The molecule has 0 amide bonds. The van der Waals surface area contributed by atoms with E-state index in [0.29, 0.717) is 0 Å². The second-order valence-corrected chi connectivity index (χ2v) is 7.80. The summed E-state index contributed by atoms with van der Waals surface area (Å²) in [6.07, 6.45) is 4.61. The minimum atomic E-state index is -0.0868. The van der Waals surface area contributed by atoms with Gasteiger partial charge in [-0.15, -0.1) is 10.2 Å². The fourth-order valence-corrected chi connectivity index (χ4v) is 3.77. The van der Waals surface area contributed by atoms with Crippen LogP contribution in [-0.2, 0) is 13.0 Å². The first-order valence-corrected chi connectivity index (χ1v) is 8.26. The SMILES string of the molecule is CC(C)(C)C(N)C(CO)Sc1nnc2n1CCCCC2. The van der Waals surface area contributed by atoms with Crippen molar-refractivity contribution >= 4 is 11.8 Å². The van der Waals surface area contributed by atoms with Crippen LogP contribution in [0.1, 0.15) is 45.9 Å². The molecule has 1 aromatic rings. The van der Waals surface area contributed by atoms with Gasteiger partial charge in [-0.25, -0.2) is 0 Å². The van der Waals surface area contributed by atoms with Gasteiger partial charge in [0.05, 0.1) is 11.9 Å². The first kappa shape index (κ1) is 15.8. The van der Waals surface area contributed by atoms with E-state index in [2.05, 4.69) is 35.5 Å². The average molecular weight is 298 g/mol. The average Bonchev–Trinajstić information content (AvgIpc) is 2.61. The van der Waals surface area contributed by atoms with E-state index in [1.807, 2.05) is 0 Å². The Hall–Kier alpha value is -0.590. The molecule has 5 nitrogen and oxygen atoms in total. The summed E-state index contributed by atoms with van der Waals surface area (Å²) >= 11 is 1.57. The maximum Gasteiger partial charge on any atom is 0.191 e. The molecule has 0 spiro atoms. The molecule has 0 fully saturated rings. The van der Waals surface area contributed by atoms with Crippen LogP contribution < -0.4 is 5.73 Å². The van der Waals surface area contributed by atoms with E-state index in [0.717, 1.165) is 23.9 Å². The zero-order valence-corrected chi connectivity index (χ0v) is 13.5. The molecular weight excluding hydrogens is 272 g/mol. The normalized spacial score (nSPS) is 19.2. The van der Waals surface area contributed by atoms with Crippen LogP contribution in [0.2, 0.25) is 0 Å². The molecule has 1 aliphatic rings. The van der Waals surface area contributed by atoms with Crippen LogP contribution in [-0.4, -0.2) is 37.8 Å². The van der Waals surface area contributed by atoms with Crippen molar-refractivity contribution in [1.82, 2.24) is 14.8 Å². The van der Waals surface area contributed by atoms with Crippen molar-refractivity contribution in [2.24, 2.45) is 11.1 Å². The van der Waals surface area contributed by atoms with Gasteiger partial charge in [0.15, 0.2) is 5.16 Å². The number of hydrogen-bond donors (Lipinski definition) is 2. The number of aliphatic hydroxyl groups is 1. The largest absolute Gasteiger partial charge is 0.395 e. The van der Waals surface area contributed by atoms with E-state index in [1.165, 1.54) is 19.3 Å². The van der Waals surface area contributed by atoms with Crippen LogP contribution in [0.4, 0.5) is 0 Å². The molecule has 0 saturated carbocycles. The topological polar surface area (TPSA) is 77.0 Å². The molecule has 1 aromatic heterocycles. The molecule has 2 atom stereocenters. The number of thioether (sulfide) groups is 1. The summed E-state index contributed by atoms with van der Waals surface area (Å²) < 4.78 is 2.20. The Labute approximate surface area is 125 Å². The maximum absolute atomic E-state index is 9.66. The molecule has 3 N–H and O–H groups in total. The van der Waals surface area contributed by atoms with Gasteiger partial charge in [0.1, 0.15) is 5.82 Å². The molecule has 0 bridgehead atoms. The predicted molar refractivity (Wildman–Crippen MR) is 81.7 cm³/mol. The Morgan fingerprint density at radius 3 is 2.70 bits per heavy atom. The third kappa shape index (κ3) is 3.54. The van der Waals surface area contributed by atoms with Crippen molar-refractivity contribution in [3.63, 3.8) is 0 Å². The first-order valence-electron chi connectivity index (χ1n) is 7.38. The van der Waals surface area contributed by atoms with Crippen molar-refractivity contribution in [2.75, 3.05) is 6.61 Å². The van der Waals surface area contributed by atoms with Gasteiger partial charge in [0.25, 0.3) is 0 Å². The number of nitrogens with two attached hydrogens (primary N) is 1. The van der Waals surface area contributed by atoms with Gasteiger partial charge in [-0.3, -0.25) is 0 Å². The molecule has 6 heteroatoms. The van der Waals surface area contributed by atoms with Crippen molar-refractivity contribution in [3.8, 4) is 0 Å². The molecule has 2 rings (SSSR count). The minimum Gasteiger partial charge on any atom is -0.395 e. The van der Waals surface area contributed by atoms with Crippen molar-refractivity contribution in [2.45, 2.75) is 69.4 Å². The van der Waals surface area contributed by atoms with Crippen LogP contribution in [0.5, 0.6) is 0 Å². The predicted octanol–water partition coefficient (Wildman–Crippen LogP) is 1.83. The lowest BCUT2D eigenvalue weighted by molar-refractivity contribution is 0.232. The van der Waals surface area contributed by atoms with Crippen molar-refractivity contribution < 1.29 is 5.11 Å². The summed E-state index contributed by atoms with van der Waals surface area (Å²) in [5, 5.41) is 19.1. The summed E-state index contributed by atoms with van der Waals surface area (Å²) in [6.45, 7) is 7.35. The molecule has 114 valence electrons. The van der Waals surface area contributed by atoms with Gasteiger partial charge in [0.2, 0.25) is 0 Å². The molecule has 0 aromatic carbocycles. The summed E-state index contributed by atoms with van der Waals surface area (Å²) in [5.41, 5.74) is 6.25. The molecule has 2 heterocycles. The van der Waals surface area contributed by atoms with Gasteiger partial charge in [-0.05, 0) is 18.3 Å². The highest BCUT2D eigenvalue weighted by atomic mass is 32.2. The van der Waals surface area contributed by atoms with E-state index in [9.17, 15) is 5.11 Å². The quantitative estimate of drug-likeness (QED) is 0.829. The molecule has 0 aliphatic carbocycles. The van der Waals surface area contributed by atoms with E-state index >= 15 is 0 Å². The van der Waals surface area contributed by atoms with Crippen molar-refractivity contribution in [3.05, 3.63) is 5.82 Å². The third-order valence-electron chi connectivity index (χ3n) is 3.91. The standard InChI is InChI=1S/C14H26N4OS/c1-14(2,3)12(15)10(9-19)20-13-17-16-11-7-5-4-6-8-18(11)13/h10,12,19H,4-9,15H2,1-3H3. The van der Waals surface area contributed by atoms with Gasteiger partial charge in [0, 0.05) is 19.0 Å². The highest BCUT2D eigenvalue weighted by Gasteiger charge is 2.31. The van der Waals surface area contributed by atoms with Gasteiger partial charge >= 0.3 is 0 Å². The number of fused-ring (bicyclic) bond motifs is 1. The molecule has 0 radical (unpaired) electrons. The summed E-state index contributed by atoms with van der Waals surface area (Å²) in [4.78, 5) is 0. The van der Waals surface area contributed by atoms with E-state index < -0.39 is 0 Å². The lowest BCUT2D eigenvalue weighted by Crippen LogP contribution is -2.45. The van der Waals surface area contributed by atoms with E-state index in [-0.39, 0.29) is 23.3 Å². The lowest BCUT2D eigenvalue weighted by Gasteiger charge is -2.32. The number of aromatic nitrogens is 3. The lowest BCUT2D eigenvalue weighted by atomic mass is 9.85. The van der Waals surface area contributed by atoms with Gasteiger partial charge in [-0.1, -0.05) is 39.0 Å². The Kier molecular flexibility index (Phi) is 5.09. The van der Waals surface area contributed by atoms with Gasteiger partial charge < -0.3 is 15.4 Å². The first-order chi connectivity index (χ1) is 9.43. The van der Waals surface area contributed by atoms with Crippen LogP contribution in [0.3, 0.4) is 0 Å². The number of aliphatic hydroxyl groups excluding tert-OH is 1. The summed E-state index contributed by atoms with van der Waals surface area (Å²) in [7, 11) is 0. The maximum atomic E-state index is 9.66. The second kappa shape index (κ2) is 6.45. The Bertz CT molecular complexity index is 441. The summed E-state index contributed by atoms with van der Waals surface area (Å²) in [6, 6.07) is -0.0868. The van der Waals surface area contributed by atoms with Crippen LogP contribution >= 0.6 is 11.8 Å². The molecule has 1 aliphatic heterocycles. The number of rotatable bonds is 4. The fraction of sp³-hybridized carbons (Fsp3) is 0.857. The van der Waals surface area contributed by atoms with Gasteiger partial charge in [-0.2, -0.15) is 0 Å². The highest BCUT2D eigenvalue weighted by molar-refractivity contribution is 7.99. The molecule has 0 saturated heterocycles. The monoisotopic (exact) mass is 298 g/mol. The minimum absolute atomic E-state index is 0.0396. The Morgan fingerprint density at radius 1 is 1.30 bits per heavy atom. The fourth-order valence-electron chi connectivity index (χ4n) is 2.46. The third-order valence-corrected chi connectivity index (χ3v) is 5.17.